The molecule has 0 N–H and O–H groups in total. The van der Waals surface area contributed by atoms with Gasteiger partial charge in [0.2, 0.25) is 0 Å². The summed E-state index contributed by atoms with van der Waals surface area (Å²) in [6.07, 6.45) is -22.1. The zero-order chi connectivity index (χ0) is 38.9. The summed E-state index contributed by atoms with van der Waals surface area (Å²) in [4.78, 5) is 8.20. The van der Waals surface area contributed by atoms with Crippen molar-refractivity contribution in [3.63, 3.8) is 0 Å². The van der Waals surface area contributed by atoms with Crippen LogP contribution >= 0.6 is 0 Å². The minimum absolute atomic E-state index is 0.175. The Morgan fingerprint density at radius 3 is 1.08 bits per heavy atom. The van der Waals surface area contributed by atoms with E-state index in [4.69, 9.17) is 0 Å². The van der Waals surface area contributed by atoms with Gasteiger partial charge in [-0.2, -0.15) is 73.7 Å². The molecule has 52 heavy (non-hydrogen) atoms. The van der Waals surface area contributed by atoms with E-state index in [1.165, 1.54) is 24.3 Å². The van der Waals surface area contributed by atoms with Crippen molar-refractivity contribution in [3.8, 4) is 46.5 Å². The molecule has 264 valence electrons. The summed E-state index contributed by atoms with van der Waals surface area (Å²) in [5.41, 5.74) is -17.6. The summed E-state index contributed by atoms with van der Waals surface area (Å²) in [5, 5.41) is 38.4. The van der Waals surface area contributed by atoms with Gasteiger partial charge in [-0.1, -0.05) is 12.1 Å². The number of aromatic nitrogens is 4. The average molecular weight is 736 g/mol. The lowest BCUT2D eigenvalue weighted by molar-refractivity contribution is -0.144. The normalized spacial score (nSPS) is 12.3. The van der Waals surface area contributed by atoms with Gasteiger partial charge < -0.3 is 9.13 Å². The maximum atomic E-state index is 14.7. The van der Waals surface area contributed by atoms with E-state index in [2.05, 4.69) is 9.97 Å². The molecule has 20 heteroatoms. The lowest BCUT2D eigenvalue weighted by Crippen LogP contribution is -2.19. The van der Waals surface area contributed by atoms with Crippen molar-refractivity contribution in [2.75, 3.05) is 0 Å². The van der Waals surface area contributed by atoms with Crippen molar-refractivity contribution in [1.82, 2.24) is 19.1 Å². The summed E-state index contributed by atoms with van der Waals surface area (Å²) in [5.74, 6) is 0. The molecule has 0 spiro atoms. The van der Waals surface area contributed by atoms with Gasteiger partial charge in [0.25, 0.3) is 0 Å². The van der Waals surface area contributed by atoms with Crippen molar-refractivity contribution >= 4 is 33.2 Å². The second-order valence-electron chi connectivity index (χ2n) is 10.8. The van der Waals surface area contributed by atoms with Crippen molar-refractivity contribution in [2.24, 2.45) is 14.1 Å². The third-order valence-corrected chi connectivity index (χ3v) is 7.88. The van der Waals surface area contributed by atoms with Gasteiger partial charge in [-0.3, -0.25) is 0 Å². The highest BCUT2D eigenvalue weighted by molar-refractivity contribution is 6.18. The number of halogens is 12. The van der Waals surface area contributed by atoms with Crippen LogP contribution < -0.4 is 11.0 Å². The molecule has 0 aliphatic heterocycles. The molecule has 3 aromatic carbocycles. The summed E-state index contributed by atoms with van der Waals surface area (Å²) >= 11 is 0. The fraction of sp³-hybridized carbons (Fsp3) is 0.188. The molecule has 0 saturated carbocycles. The summed E-state index contributed by atoms with van der Waals surface area (Å²) in [6, 6.07) is 6.18. The van der Waals surface area contributed by atoms with Crippen LogP contribution in [0.5, 0.6) is 0 Å². The van der Waals surface area contributed by atoms with Crippen LogP contribution in [-0.4, -0.2) is 19.1 Å². The molecule has 0 aliphatic rings. The van der Waals surface area contributed by atoms with E-state index in [9.17, 15) is 73.7 Å². The maximum absolute atomic E-state index is 14.7. The molecular formula is C32H12F12N8. The summed E-state index contributed by atoms with van der Waals surface area (Å²) in [7, 11) is 2.23. The Morgan fingerprint density at radius 1 is 0.519 bits per heavy atom. The fourth-order valence-corrected chi connectivity index (χ4v) is 5.69. The lowest BCUT2D eigenvalue weighted by Gasteiger charge is -2.22. The standard InChI is InChI=1S/C32H12F12N8/c1-51-25-23(49-27(51)13(9-45)10-46)21(17-5-3-15(29(33,34)35)7-19(17)31(39,40)41)22(24-26(25)52(2)28(50-24)14(11-47)12-48)18-6-4-16(30(36,37)38)8-20(18)32(42,43)44/h3-8H,1-2H3. The largest absolute Gasteiger partial charge is 0.417 e. The third-order valence-electron chi connectivity index (χ3n) is 7.88. The Labute approximate surface area is 281 Å². The molecule has 5 aromatic rings. The maximum Gasteiger partial charge on any atom is 0.417 e. The molecule has 0 unspecified atom stereocenters. The van der Waals surface area contributed by atoms with E-state index in [1.807, 2.05) is 0 Å². The van der Waals surface area contributed by atoms with E-state index in [-0.39, 0.29) is 36.4 Å². The first-order valence-electron chi connectivity index (χ1n) is 13.8. The van der Waals surface area contributed by atoms with Gasteiger partial charge in [0.05, 0.1) is 33.3 Å². The van der Waals surface area contributed by atoms with Crippen LogP contribution in [0.2, 0.25) is 0 Å². The molecule has 0 saturated heterocycles. The minimum atomic E-state index is -5.67. The first-order chi connectivity index (χ1) is 24.0. The van der Waals surface area contributed by atoms with Gasteiger partial charge in [-0.15, -0.1) is 0 Å². The zero-order valence-electron chi connectivity index (χ0n) is 25.6. The van der Waals surface area contributed by atoms with Gasteiger partial charge >= 0.3 is 24.7 Å². The molecule has 0 aliphatic carbocycles. The van der Waals surface area contributed by atoms with Gasteiger partial charge in [-0.25, -0.2) is 9.97 Å². The number of imidazole rings is 2. The quantitative estimate of drug-likeness (QED) is 0.175. The number of alkyl halides is 12. The van der Waals surface area contributed by atoms with Gasteiger partial charge in [0.15, 0.2) is 22.1 Å². The molecule has 8 nitrogen and oxygen atoms in total. The number of nitrogens with zero attached hydrogens (tertiary/aromatic N) is 8. The molecule has 0 radical (unpaired) electrons. The Hall–Kier alpha value is -6.54. The van der Waals surface area contributed by atoms with E-state index >= 15 is 0 Å². The molecule has 2 heterocycles. The number of nitriles is 4. The predicted octanol–water partition coefficient (Wildman–Crippen LogP) is 7.26. The number of hydrogen-bond donors (Lipinski definition) is 0. The Kier molecular flexibility index (Phi) is 8.52. The zero-order valence-corrected chi connectivity index (χ0v) is 25.6. The second-order valence-corrected chi connectivity index (χ2v) is 10.8. The molecule has 5 rings (SSSR count). The number of rotatable bonds is 2. The molecule has 2 aromatic heterocycles. The number of fused-ring (bicyclic) bond motifs is 3. The van der Waals surface area contributed by atoms with Crippen LogP contribution in [0.1, 0.15) is 22.3 Å². The van der Waals surface area contributed by atoms with Crippen LogP contribution in [0.25, 0.3) is 55.5 Å². The van der Waals surface area contributed by atoms with E-state index < -0.39 is 113 Å². The van der Waals surface area contributed by atoms with E-state index in [0.29, 0.717) is 0 Å². The first kappa shape index (κ1) is 36.7. The average Bonchev–Trinajstić information content (AvgIpc) is 3.55. The van der Waals surface area contributed by atoms with Crippen molar-refractivity contribution in [2.45, 2.75) is 24.7 Å². The van der Waals surface area contributed by atoms with E-state index in [0.717, 1.165) is 23.2 Å². The van der Waals surface area contributed by atoms with Crippen molar-refractivity contribution in [3.05, 3.63) is 69.6 Å². The van der Waals surface area contributed by atoms with E-state index in [1.54, 1.807) is 0 Å². The summed E-state index contributed by atoms with van der Waals surface area (Å²) in [6.45, 7) is 0. The Balaban J connectivity index is 2.28. The molecule has 0 fully saturated rings. The van der Waals surface area contributed by atoms with Gasteiger partial charge in [0.1, 0.15) is 35.3 Å². The minimum Gasteiger partial charge on any atom is -0.324 e. The lowest BCUT2D eigenvalue weighted by atomic mass is 9.86. The summed E-state index contributed by atoms with van der Waals surface area (Å²) < 4.78 is 172. The number of aryl methyl sites for hydroxylation is 2. The fourth-order valence-electron chi connectivity index (χ4n) is 5.69. The first-order valence-corrected chi connectivity index (χ1v) is 13.8. The Morgan fingerprint density at radius 2 is 0.827 bits per heavy atom. The highest BCUT2D eigenvalue weighted by Gasteiger charge is 2.43. The topological polar surface area (TPSA) is 131 Å². The van der Waals surface area contributed by atoms with Crippen LogP contribution in [-0.2, 0) is 38.8 Å². The highest BCUT2D eigenvalue weighted by atomic mass is 19.4. The van der Waals surface area contributed by atoms with Gasteiger partial charge in [-0.05, 0) is 35.4 Å². The number of benzene rings is 3. The number of hydrogen-bond acceptors (Lipinski definition) is 6. The van der Waals surface area contributed by atoms with Crippen LogP contribution in [0.3, 0.4) is 0 Å². The highest BCUT2D eigenvalue weighted by Crippen LogP contribution is 2.51. The third kappa shape index (κ3) is 5.88. The molecule has 0 bridgehead atoms. The van der Waals surface area contributed by atoms with Crippen LogP contribution in [0.15, 0.2) is 36.4 Å². The predicted molar refractivity (Wildman–Crippen MR) is 154 cm³/mol. The van der Waals surface area contributed by atoms with Crippen LogP contribution in [0, 0.1) is 45.3 Å². The van der Waals surface area contributed by atoms with Crippen LogP contribution in [0.4, 0.5) is 52.7 Å². The Bertz CT molecular complexity index is 2430. The second kappa shape index (κ2) is 12.1. The monoisotopic (exact) mass is 736 g/mol. The van der Waals surface area contributed by atoms with Gasteiger partial charge in [0, 0.05) is 25.2 Å². The van der Waals surface area contributed by atoms with Crippen molar-refractivity contribution < 1.29 is 52.7 Å². The SMILES string of the molecule is Cn1c(=C(C#N)C#N)nc2c(-c3ccc(C(F)(F)F)cc3C(F)(F)F)c(-c3ccc(C(F)(F)F)cc3C(F)(F)F)c3nc(=C(C#N)C#N)n(C)c3c21. The van der Waals surface area contributed by atoms with Crippen molar-refractivity contribution in [1.29, 1.82) is 21.0 Å². The molecule has 0 atom stereocenters. The molecular weight excluding hydrogens is 724 g/mol. The molecule has 0 amide bonds. The smallest absolute Gasteiger partial charge is 0.324 e.